The highest BCUT2D eigenvalue weighted by molar-refractivity contribution is 5.78. The zero-order chi connectivity index (χ0) is 12.1. The summed E-state index contributed by atoms with van der Waals surface area (Å²) in [6.45, 7) is 1.75. The number of hydrogen-bond acceptors (Lipinski definition) is 1. The van der Waals surface area contributed by atoms with Crippen LogP contribution >= 0.6 is 0 Å². The van der Waals surface area contributed by atoms with Gasteiger partial charge in [-0.25, -0.2) is 0 Å². The van der Waals surface area contributed by atoms with Gasteiger partial charge in [-0.05, 0) is 57.3 Å². The Morgan fingerprint density at radius 3 is 1.88 bits per heavy atom. The summed E-state index contributed by atoms with van der Waals surface area (Å²) in [5, 5.41) is 0. The normalized spacial score (nSPS) is 31.8. The van der Waals surface area contributed by atoms with Gasteiger partial charge in [0.2, 0.25) is 0 Å². The zero-order valence-electron chi connectivity index (χ0n) is 11.2. The van der Waals surface area contributed by atoms with Crippen LogP contribution in [0.2, 0.25) is 0 Å². The van der Waals surface area contributed by atoms with Crippen molar-refractivity contribution in [3.8, 4) is 0 Å². The Hall–Kier alpha value is -0.590. The van der Waals surface area contributed by atoms with E-state index in [4.69, 9.17) is 0 Å². The van der Waals surface area contributed by atoms with Crippen molar-refractivity contribution in [2.24, 2.45) is 17.8 Å². The molecule has 1 heteroatoms. The molecule has 2 aliphatic rings. The Morgan fingerprint density at radius 2 is 1.35 bits per heavy atom. The monoisotopic (exact) mass is 234 g/mol. The van der Waals surface area contributed by atoms with Gasteiger partial charge in [0, 0.05) is 5.92 Å². The van der Waals surface area contributed by atoms with Gasteiger partial charge in [0.15, 0.2) is 0 Å². The van der Waals surface area contributed by atoms with Crippen LogP contribution in [-0.4, -0.2) is 5.78 Å². The lowest BCUT2D eigenvalue weighted by atomic mass is 9.79. The first kappa shape index (κ1) is 12.9. The number of allylic oxidation sites excluding steroid dienone is 2. The van der Waals surface area contributed by atoms with E-state index in [1.54, 1.807) is 6.92 Å². The second kappa shape index (κ2) is 6.37. The first-order chi connectivity index (χ1) is 8.25. The van der Waals surface area contributed by atoms with E-state index in [1.807, 2.05) is 0 Å². The summed E-state index contributed by atoms with van der Waals surface area (Å²) < 4.78 is 0. The zero-order valence-corrected chi connectivity index (χ0v) is 11.2. The SMILES string of the molecule is CC(=O)C1CCC(/C=C/C2CCCCC2)CC1. The molecule has 0 radical (unpaired) electrons. The molecular formula is C16H26O. The Bertz CT molecular complexity index is 265. The number of hydrogen-bond donors (Lipinski definition) is 0. The van der Waals surface area contributed by atoms with E-state index in [0.29, 0.717) is 11.7 Å². The average Bonchev–Trinajstić information content (AvgIpc) is 2.38. The maximum Gasteiger partial charge on any atom is 0.132 e. The van der Waals surface area contributed by atoms with E-state index in [0.717, 1.165) is 24.7 Å². The number of carbonyl (C=O) groups excluding carboxylic acids is 1. The predicted molar refractivity (Wildman–Crippen MR) is 71.8 cm³/mol. The molecule has 0 bridgehead atoms. The molecule has 0 unspecified atom stereocenters. The Labute approximate surface area is 106 Å². The Morgan fingerprint density at radius 1 is 0.824 bits per heavy atom. The smallest absolute Gasteiger partial charge is 0.132 e. The minimum absolute atomic E-state index is 0.370. The predicted octanol–water partition coefficient (Wildman–Crippen LogP) is 4.52. The standard InChI is InChI=1S/C16H26O/c1-13(17)16-11-9-15(10-12-16)8-7-14-5-3-2-4-6-14/h7-8,14-16H,2-6,9-12H2,1H3/b8-7+. The molecule has 0 aliphatic heterocycles. The maximum atomic E-state index is 11.3. The molecule has 17 heavy (non-hydrogen) atoms. The van der Waals surface area contributed by atoms with Crippen LogP contribution in [0, 0.1) is 17.8 Å². The molecule has 0 amide bonds. The van der Waals surface area contributed by atoms with Crippen LogP contribution in [0.4, 0.5) is 0 Å². The van der Waals surface area contributed by atoms with Gasteiger partial charge in [-0.2, -0.15) is 0 Å². The van der Waals surface area contributed by atoms with E-state index in [2.05, 4.69) is 12.2 Å². The van der Waals surface area contributed by atoms with E-state index in [9.17, 15) is 4.79 Å². The Balaban J connectivity index is 1.73. The molecular weight excluding hydrogens is 208 g/mol. The summed E-state index contributed by atoms with van der Waals surface area (Å²) in [4.78, 5) is 11.3. The number of Topliss-reactive ketones (excluding diaryl/α,β-unsaturated/α-hetero) is 1. The third-order valence-corrected chi connectivity index (χ3v) is 4.65. The lowest BCUT2D eigenvalue weighted by Crippen LogP contribution is -2.19. The number of carbonyl (C=O) groups is 1. The summed E-state index contributed by atoms with van der Waals surface area (Å²) in [6, 6.07) is 0. The van der Waals surface area contributed by atoms with Gasteiger partial charge >= 0.3 is 0 Å². The van der Waals surface area contributed by atoms with Crippen LogP contribution in [0.25, 0.3) is 0 Å². The fourth-order valence-electron chi connectivity index (χ4n) is 3.36. The third-order valence-electron chi connectivity index (χ3n) is 4.65. The van der Waals surface area contributed by atoms with Crippen molar-refractivity contribution < 1.29 is 4.79 Å². The summed E-state index contributed by atoms with van der Waals surface area (Å²) in [5.41, 5.74) is 0. The van der Waals surface area contributed by atoms with Crippen molar-refractivity contribution in [1.29, 1.82) is 0 Å². The van der Waals surface area contributed by atoms with Crippen molar-refractivity contribution in [3.63, 3.8) is 0 Å². The molecule has 1 nitrogen and oxygen atoms in total. The van der Waals surface area contributed by atoms with Crippen LogP contribution in [0.5, 0.6) is 0 Å². The fraction of sp³-hybridized carbons (Fsp3) is 0.812. The van der Waals surface area contributed by atoms with Gasteiger partial charge in [0.25, 0.3) is 0 Å². The molecule has 0 aromatic rings. The summed E-state index contributed by atoms with van der Waals surface area (Å²) in [5.74, 6) is 2.39. The van der Waals surface area contributed by atoms with Crippen molar-refractivity contribution in [2.75, 3.05) is 0 Å². The third kappa shape index (κ3) is 3.97. The van der Waals surface area contributed by atoms with E-state index >= 15 is 0 Å². The van der Waals surface area contributed by atoms with E-state index in [-0.39, 0.29) is 0 Å². The highest BCUT2D eigenvalue weighted by Gasteiger charge is 2.22. The van der Waals surface area contributed by atoms with E-state index in [1.165, 1.54) is 44.9 Å². The van der Waals surface area contributed by atoms with Crippen molar-refractivity contribution >= 4 is 5.78 Å². The summed E-state index contributed by atoms with van der Waals surface area (Å²) in [7, 11) is 0. The number of rotatable bonds is 3. The quantitative estimate of drug-likeness (QED) is 0.656. The molecule has 0 aromatic heterocycles. The molecule has 2 saturated carbocycles. The van der Waals surface area contributed by atoms with Crippen molar-refractivity contribution in [1.82, 2.24) is 0 Å². The van der Waals surface area contributed by atoms with Crippen LogP contribution in [-0.2, 0) is 4.79 Å². The number of ketones is 1. The van der Waals surface area contributed by atoms with Gasteiger partial charge in [0.05, 0.1) is 0 Å². The topological polar surface area (TPSA) is 17.1 Å². The fourth-order valence-corrected chi connectivity index (χ4v) is 3.36. The molecule has 2 fully saturated rings. The molecule has 2 rings (SSSR count). The summed E-state index contributed by atoms with van der Waals surface area (Å²) >= 11 is 0. The first-order valence-corrected chi connectivity index (χ1v) is 7.44. The lowest BCUT2D eigenvalue weighted by Gasteiger charge is -2.25. The van der Waals surface area contributed by atoms with Crippen LogP contribution < -0.4 is 0 Å². The Kier molecular flexibility index (Phi) is 4.82. The first-order valence-electron chi connectivity index (χ1n) is 7.44. The van der Waals surface area contributed by atoms with E-state index < -0.39 is 0 Å². The van der Waals surface area contributed by atoms with Gasteiger partial charge in [-0.1, -0.05) is 31.4 Å². The molecule has 96 valence electrons. The largest absolute Gasteiger partial charge is 0.300 e. The highest BCUT2D eigenvalue weighted by Crippen LogP contribution is 2.31. The minimum atomic E-state index is 0.370. The molecule has 2 aliphatic carbocycles. The van der Waals surface area contributed by atoms with Crippen LogP contribution in [0.1, 0.15) is 64.7 Å². The van der Waals surface area contributed by atoms with Crippen molar-refractivity contribution in [3.05, 3.63) is 12.2 Å². The molecule has 0 spiro atoms. The van der Waals surface area contributed by atoms with Gasteiger partial charge in [0.1, 0.15) is 5.78 Å². The second-order valence-electron chi connectivity index (χ2n) is 6.01. The van der Waals surface area contributed by atoms with Gasteiger partial charge in [-0.15, -0.1) is 0 Å². The molecule has 0 N–H and O–H groups in total. The lowest BCUT2D eigenvalue weighted by molar-refractivity contribution is -0.121. The molecule has 0 aromatic carbocycles. The molecule has 0 atom stereocenters. The minimum Gasteiger partial charge on any atom is -0.300 e. The molecule has 0 saturated heterocycles. The maximum absolute atomic E-state index is 11.3. The highest BCUT2D eigenvalue weighted by atomic mass is 16.1. The van der Waals surface area contributed by atoms with Crippen LogP contribution in [0.3, 0.4) is 0 Å². The summed E-state index contributed by atoms with van der Waals surface area (Å²) in [6.07, 6.45) is 16.7. The molecule has 0 heterocycles. The second-order valence-corrected chi connectivity index (χ2v) is 6.01. The van der Waals surface area contributed by atoms with Crippen molar-refractivity contribution in [2.45, 2.75) is 64.7 Å². The van der Waals surface area contributed by atoms with Gasteiger partial charge in [-0.3, -0.25) is 4.79 Å². The average molecular weight is 234 g/mol. The van der Waals surface area contributed by atoms with Crippen LogP contribution in [0.15, 0.2) is 12.2 Å². The van der Waals surface area contributed by atoms with Gasteiger partial charge < -0.3 is 0 Å².